The van der Waals surface area contributed by atoms with E-state index in [9.17, 15) is 4.79 Å². The Morgan fingerprint density at radius 1 is 1.40 bits per heavy atom. The van der Waals surface area contributed by atoms with Gasteiger partial charge in [-0.15, -0.1) is 0 Å². The summed E-state index contributed by atoms with van der Waals surface area (Å²) in [6.45, 7) is 4.12. The molecule has 0 radical (unpaired) electrons. The van der Waals surface area contributed by atoms with E-state index in [0.29, 0.717) is 0 Å². The Labute approximate surface area is 118 Å². The van der Waals surface area contributed by atoms with Crippen molar-refractivity contribution in [3.05, 3.63) is 24.2 Å². The van der Waals surface area contributed by atoms with Gasteiger partial charge in [0.25, 0.3) is 0 Å². The zero-order valence-corrected chi connectivity index (χ0v) is 12.0. The monoisotopic (exact) mass is 272 g/mol. The molecule has 0 spiro atoms. The van der Waals surface area contributed by atoms with Crippen molar-refractivity contribution in [2.75, 3.05) is 5.32 Å². The fourth-order valence-electron chi connectivity index (χ4n) is 2.69. The second kappa shape index (κ2) is 5.23. The summed E-state index contributed by atoms with van der Waals surface area (Å²) >= 11 is 0. The lowest BCUT2D eigenvalue weighted by Gasteiger charge is -2.10. The lowest BCUT2D eigenvalue weighted by molar-refractivity contribution is -0.119. The molecular weight excluding hydrogens is 252 g/mol. The van der Waals surface area contributed by atoms with Crippen molar-refractivity contribution in [3.63, 3.8) is 0 Å². The largest absolute Gasteiger partial charge is 0.323 e. The maximum atomic E-state index is 12.2. The van der Waals surface area contributed by atoms with Crippen LogP contribution in [0.4, 0.5) is 5.69 Å². The second-order valence-electron chi connectivity index (χ2n) is 5.79. The molecule has 0 aliphatic heterocycles. The molecular formula is C15H20N4O. The highest BCUT2D eigenvalue weighted by Gasteiger charge is 2.23. The summed E-state index contributed by atoms with van der Waals surface area (Å²) in [5, 5.41) is 7.45. The highest BCUT2D eigenvalue weighted by atomic mass is 16.1. The Balaban J connectivity index is 1.88. The first kappa shape index (κ1) is 13.1. The molecule has 5 heteroatoms. The van der Waals surface area contributed by atoms with Gasteiger partial charge in [-0.3, -0.25) is 4.79 Å². The molecule has 0 saturated heterocycles. The van der Waals surface area contributed by atoms with E-state index in [0.717, 1.165) is 42.8 Å². The van der Waals surface area contributed by atoms with E-state index in [1.165, 1.54) is 0 Å². The molecule has 0 bridgehead atoms. The average molecular weight is 272 g/mol. The van der Waals surface area contributed by atoms with Crippen molar-refractivity contribution in [1.82, 2.24) is 14.6 Å². The van der Waals surface area contributed by atoms with Crippen molar-refractivity contribution in [2.24, 2.45) is 5.92 Å². The van der Waals surface area contributed by atoms with Crippen LogP contribution in [-0.4, -0.2) is 20.5 Å². The summed E-state index contributed by atoms with van der Waals surface area (Å²) in [7, 11) is 0. The molecule has 3 rings (SSSR count). The van der Waals surface area contributed by atoms with Crippen LogP contribution in [0.3, 0.4) is 0 Å². The number of hydrogen-bond donors (Lipinski definition) is 1. The van der Waals surface area contributed by atoms with Crippen molar-refractivity contribution in [3.8, 4) is 0 Å². The van der Waals surface area contributed by atoms with E-state index in [4.69, 9.17) is 0 Å². The Kier molecular flexibility index (Phi) is 3.42. The van der Waals surface area contributed by atoms with Gasteiger partial charge in [0.2, 0.25) is 5.91 Å². The molecule has 1 amide bonds. The first-order chi connectivity index (χ1) is 9.65. The molecule has 1 aliphatic rings. The molecule has 1 aliphatic carbocycles. The number of amides is 1. The van der Waals surface area contributed by atoms with Gasteiger partial charge in [-0.1, -0.05) is 26.7 Å². The average Bonchev–Trinajstić information content (AvgIpc) is 3.08. The van der Waals surface area contributed by atoms with Gasteiger partial charge in [0.05, 0.1) is 5.69 Å². The minimum absolute atomic E-state index is 0.115. The summed E-state index contributed by atoms with van der Waals surface area (Å²) in [6.07, 6.45) is 6.17. The number of hydrogen-bond acceptors (Lipinski definition) is 3. The third-order valence-electron chi connectivity index (χ3n) is 3.88. The third-order valence-corrected chi connectivity index (χ3v) is 3.88. The van der Waals surface area contributed by atoms with Crippen LogP contribution < -0.4 is 5.32 Å². The molecule has 106 valence electrons. The Morgan fingerprint density at radius 2 is 2.15 bits per heavy atom. The van der Waals surface area contributed by atoms with Crippen molar-refractivity contribution < 1.29 is 4.79 Å². The van der Waals surface area contributed by atoms with E-state index >= 15 is 0 Å². The minimum Gasteiger partial charge on any atom is -0.323 e. The highest BCUT2D eigenvalue weighted by molar-refractivity contribution is 5.95. The molecule has 5 nitrogen and oxygen atoms in total. The molecule has 2 heterocycles. The predicted molar refractivity (Wildman–Crippen MR) is 77.7 cm³/mol. The normalized spacial score (nSPS) is 16.1. The Morgan fingerprint density at radius 3 is 2.85 bits per heavy atom. The van der Waals surface area contributed by atoms with Crippen molar-refractivity contribution >= 4 is 17.2 Å². The number of carbonyl (C=O) groups excluding carboxylic acids is 1. The summed E-state index contributed by atoms with van der Waals surface area (Å²) in [5.41, 5.74) is 1.48. The standard InChI is InChI=1S/C15H20N4O/c1-10(2)13-17-14-12(8-5-9-19(14)18-13)16-15(20)11-6-3-4-7-11/h5,8-11H,3-4,6-7H2,1-2H3,(H,16,20). The summed E-state index contributed by atoms with van der Waals surface area (Å²) in [4.78, 5) is 16.8. The summed E-state index contributed by atoms with van der Waals surface area (Å²) < 4.78 is 1.74. The van der Waals surface area contributed by atoms with E-state index in [2.05, 4.69) is 29.2 Å². The molecule has 0 aromatic carbocycles. The summed E-state index contributed by atoms with van der Waals surface area (Å²) in [5.74, 6) is 1.34. The predicted octanol–water partition coefficient (Wildman–Crippen LogP) is 2.98. The van der Waals surface area contributed by atoms with Crippen molar-refractivity contribution in [2.45, 2.75) is 45.4 Å². The van der Waals surface area contributed by atoms with Gasteiger partial charge in [-0.05, 0) is 25.0 Å². The molecule has 1 N–H and O–H groups in total. The number of anilines is 1. The highest BCUT2D eigenvalue weighted by Crippen LogP contribution is 2.27. The van der Waals surface area contributed by atoms with E-state index < -0.39 is 0 Å². The van der Waals surface area contributed by atoms with Gasteiger partial charge in [-0.25, -0.2) is 9.50 Å². The molecule has 2 aromatic rings. The Bertz CT molecular complexity index is 626. The van der Waals surface area contributed by atoms with Crippen LogP contribution in [0.2, 0.25) is 0 Å². The number of nitrogens with one attached hydrogen (secondary N) is 1. The molecule has 20 heavy (non-hydrogen) atoms. The van der Waals surface area contributed by atoms with Gasteiger partial charge in [-0.2, -0.15) is 5.10 Å². The van der Waals surface area contributed by atoms with Crippen LogP contribution in [0.15, 0.2) is 18.3 Å². The first-order valence-electron chi connectivity index (χ1n) is 7.31. The van der Waals surface area contributed by atoms with Crippen LogP contribution in [-0.2, 0) is 4.79 Å². The second-order valence-corrected chi connectivity index (χ2v) is 5.79. The lowest BCUT2D eigenvalue weighted by Crippen LogP contribution is -2.20. The quantitative estimate of drug-likeness (QED) is 0.934. The molecule has 1 saturated carbocycles. The number of rotatable bonds is 3. The number of fused-ring (bicyclic) bond motifs is 1. The first-order valence-corrected chi connectivity index (χ1v) is 7.31. The minimum atomic E-state index is 0.115. The van der Waals surface area contributed by atoms with Gasteiger partial charge < -0.3 is 5.32 Å². The summed E-state index contributed by atoms with van der Waals surface area (Å²) in [6, 6.07) is 3.77. The van der Waals surface area contributed by atoms with Crippen LogP contribution in [0.1, 0.15) is 51.3 Å². The Hall–Kier alpha value is -1.91. The fourth-order valence-corrected chi connectivity index (χ4v) is 2.69. The number of carbonyl (C=O) groups is 1. The van der Waals surface area contributed by atoms with Gasteiger partial charge in [0, 0.05) is 18.0 Å². The van der Waals surface area contributed by atoms with E-state index in [1.807, 2.05) is 18.3 Å². The zero-order chi connectivity index (χ0) is 14.1. The number of aromatic nitrogens is 3. The maximum Gasteiger partial charge on any atom is 0.227 e. The van der Waals surface area contributed by atoms with Crippen LogP contribution in [0, 0.1) is 5.92 Å². The number of pyridine rings is 1. The third kappa shape index (κ3) is 2.40. The smallest absolute Gasteiger partial charge is 0.227 e. The van der Waals surface area contributed by atoms with Crippen LogP contribution in [0.5, 0.6) is 0 Å². The van der Waals surface area contributed by atoms with Crippen LogP contribution >= 0.6 is 0 Å². The number of nitrogens with zero attached hydrogens (tertiary/aromatic N) is 3. The molecule has 2 aromatic heterocycles. The van der Waals surface area contributed by atoms with Crippen LogP contribution in [0.25, 0.3) is 5.65 Å². The zero-order valence-electron chi connectivity index (χ0n) is 12.0. The van der Waals surface area contributed by atoms with Gasteiger partial charge in [0.1, 0.15) is 0 Å². The van der Waals surface area contributed by atoms with Gasteiger partial charge >= 0.3 is 0 Å². The lowest BCUT2D eigenvalue weighted by atomic mass is 10.1. The van der Waals surface area contributed by atoms with Gasteiger partial charge in [0.15, 0.2) is 11.5 Å². The SMILES string of the molecule is CC(C)c1nc2c(NC(=O)C3CCCC3)cccn2n1. The van der Waals surface area contributed by atoms with E-state index in [1.54, 1.807) is 4.52 Å². The molecule has 0 unspecified atom stereocenters. The maximum absolute atomic E-state index is 12.2. The topological polar surface area (TPSA) is 59.3 Å². The van der Waals surface area contributed by atoms with Crippen molar-refractivity contribution in [1.29, 1.82) is 0 Å². The van der Waals surface area contributed by atoms with E-state index in [-0.39, 0.29) is 17.7 Å². The molecule has 0 atom stereocenters. The molecule has 1 fully saturated rings. The fraction of sp³-hybridized carbons (Fsp3) is 0.533.